The van der Waals surface area contributed by atoms with E-state index < -0.39 is 0 Å². The molecule has 3 aromatic rings. The van der Waals surface area contributed by atoms with E-state index in [0.717, 1.165) is 66.0 Å². The average molecular weight is 420 g/mol. The van der Waals surface area contributed by atoms with E-state index >= 15 is 0 Å². The van der Waals surface area contributed by atoms with Crippen LogP contribution in [0.1, 0.15) is 44.5 Å². The van der Waals surface area contributed by atoms with Crippen molar-refractivity contribution in [1.82, 2.24) is 19.5 Å². The maximum atomic E-state index is 12.2. The van der Waals surface area contributed by atoms with Crippen LogP contribution in [0, 0.1) is 5.92 Å². The second-order valence-electron chi connectivity index (χ2n) is 8.93. The van der Waals surface area contributed by atoms with Crippen molar-refractivity contribution >= 4 is 28.8 Å². The molecule has 1 aliphatic heterocycles. The van der Waals surface area contributed by atoms with Gasteiger partial charge in [0.1, 0.15) is 11.3 Å². The molecule has 162 valence electrons. The predicted octanol–water partition coefficient (Wildman–Crippen LogP) is 2.85. The molecular weight excluding hydrogens is 390 g/mol. The highest BCUT2D eigenvalue weighted by atomic mass is 16.1. The lowest BCUT2D eigenvalue weighted by atomic mass is 10.1. The first-order valence-electron chi connectivity index (χ1n) is 11.1. The zero-order valence-corrected chi connectivity index (χ0v) is 18.1. The number of fused-ring (bicyclic) bond motifs is 2. The average Bonchev–Trinajstić information content (AvgIpc) is 3.49. The third-order valence-electron chi connectivity index (χ3n) is 6.23. The van der Waals surface area contributed by atoms with E-state index in [1.165, 1.54) is 0 Å². The molecule has 0 bridgehead atoms. The minimum absolute atomic E-state index is 0.336. The fraction of sp³-hybridized carbons (Fsp3) is 0.478. The molecule has 8 nitrogen and oxygen atoms in total. The van der Waals surface area contributed by atoms with Crippen molar-refractivity contribution in [2.24, 2.45) is 11.7 Å². The van der Waals surface area contributed by atoms with Crippen LogP contribution < -0.4 is 15.5 Å². The summed E-state index contributed by atoms with van der Waals surface area (Å²) in [7, 11) is 0. The van der Waals surface area contributed by atoms with Crippen LogP contribution in [0.4, 0.5) is 11.4 Å². The molecule has 4 heterocycles. The van der Waals surface area contributed by atoms with E-state index in [9.17, 15) is 4.79 Å². The molecular formula is C23H29N7O. The maximum absolute atomic E-state index is 12.2. The third-order valence-corrected chi connectivity index (χ3v) is 6.23. The standard InChI is InChI=1S/C23H29N7O/c1-15(2)6-8-28-21(27-18-9-16(10-24)11-26-23(18)28)13-29-20-12-25-7-5-19(20)30(17-3-4-17)22(29)14-31/h5,7,9,11-12,14-15,17,22H,3-4,6,8,10,13,24H2,1-2H3. The van der Waals surface area contributed by atoms with Gasteiger partial charge in [-0.25, -0.2) is 9.97 Å². The summed E-state index contributed by atoms with van der Waals surface area (Å²) in [6.45, 7) is 6.24. The molecule has 8 heteroatoms. The fourth-order valence-corrected chi connectivity index (χ4v) is 4.44. The smallest absolute Gasteiger partial charge is 0.163 e. The molecule has 0 amide bonds. The Labute approximate surface area is 182 Å². The molecule has 2 aliphatic rings. The van der Waals surface area contributed by atoms with Gasteiger partial charge in [-0.2, -0.15) is 0 Å². The number of imidazole rings is 1. The summed E-state index contributed by atoms with van der Waals surface area (Å²) in [4.78, 5) is 30.5. The molecule has 0 aromatic carbocycles. The Morgan fingerprint density at radius 3 is 2.81 bits per heavy atom. The highest BCUT2D eigenvalue weighted by molar-refractivity contribution is 5.86. The van der Waals surface area contributed by atoms with Gasteiger partial charge >= 0.3 is 0 Å². The topological polar surface area (TPSA) is 93.2 Å². The van der Waals surface area contributed by atoms with Crippen LogP contribution in [-0.2, 0) is 24.4 Å². The molecule has 2 N–H and O–H groups in total. The molecule has 1 aliphatic carbocycles. The number of aromatic nitrogens is 4. The Morgan fingerprint density at radius 1 is 1.26 bits per heavy atom. The van der Waals surface area contributed by atoms with Gasteiger partial charge in [-0.3, -0.25) is 9.78 Å². The van der Waals surface area contributed by atoms with E-state index in [1.807, 2.05) is 24.5 Å². The zero-order chi connectivity index (χ0) is 21.5. The van der Waals surface area contributed by atoms with Crippen molar-refractivity contribution in [1.29, 1.82) is 0 Å². The van der Waals surface area contributed by atoms with Gasteiger partial charge in [-0.1, -0.05) is 13.8 Å². The summed E-state index contributed by atoms with van der Waals surface area (Å²) in [5.74, 6) is 1.48. The molecule has 3 aromatic heterocycles. The van der Waals surface area contributed by atoms with Gasteiger partial charge in [-0.15, -0.1) is 0 Å². The summed E-state index contributed by atoms with van der Waals surface area (Å²) in [5, 5.41) is 0. The second kappa shape index (κ2) is 7.92. The summed E-state index contributed by atoms with van der Waals surface area (Å²) in [6, 6.07) is 4.46. The Kier molecular flexibility index (Phi) is 5.09. The van der Waals surface area contributed by atoms with Gasteiger partial charge in [0.05, 0.1) is 24.1 Å². The first-order chi connectivity index (χ1) is 15.1. The van der Waals surface area contributed by atoms with E-state index in [4.69, 9.17) is 10.7 Å². The molecule has 0 saturated heterocycles. The maximum Gasteiger partial charge on any atom is 0.163 e. The van der Waals surface area contributed by atoms with Crippen molar-refractivity contribution in [3.8, 4) is 0 Å². The second-order valence-corrected chi connectivity index (χ2v) is 8.93. The first-order valence-corrected chi connectivity index (χ1v) is 11.1. The van der Waals surface area contributed by atoms with E-state index in [2.05, 4.69) is 38.2 Å². The SMILES string of the molecule is CC(C)CCn1c(CN2c3cnccc3N(C3CC3)C2C=O)nc2cc(CN)cnc21. The van der Waals surface area contributed by atoms with Gasteiger partial charge < -0.3 is 20.1 Å². The molecule has 31 heavy (non-hydrogen) atoms. The van der Waals surface area contributed by atoms with Crippen LogP contribution in [0.25, 0.3) is 11.2 Å². The molecule has 0 radical (unpaired) electrons. The number of aryl methyl sites for hydroxylation is 1. The van der Waals surface area contributed by atoms with E-state index in [-0.39, 0.29) is 6.17 Å². The number of hydrogen-bond donors (Lipinski definition) is 1. The summed E-state index contributed by atoms with van der Waals surface area (Å²) < 4.78 is 2.20. The molecule has 1 unspecified atom stereocenters. The number of pyridine rings is 2. The van der Waals surface area contributed by atoms with E-state index in [0.29, 0.717) is 25.0 Å². The Balaban J connectivity index is 1.56. The number of aldehydes is 1. The number of hydrogen-bond acceptors (Lipinski definition) is 7. The molecule has 5 rings (SSSR count). The zero-order valence-electron chi connectivity index (χ0n) is 18.1. The number of nitrogens with two attached hydrogens (primary N) is 1. The Morgan fingerprint density at radius 2 is 2.10 bits per heavy atom. The van der Waals surface area contributed by atoms with Gasteiger partial charge in [-0.05, 0) is 42.9 Å². The largest absolute Gasteiger partial charge is 0.340 e. The minimum Gasteiger partial charge on any atom is -0.340 e. The number of carbonyl (C=O) groups is 1. The van der Waals surface area contributed by atoms with Crippen molar-refractivity contribution in [2.45, 2.75) is 65.0 Å². The normalized spacial score (nSPS) is 18.3. The number of carbonyl (C=O) groups excluding carboxylic acids is 1. The third kappa shape index (κ3) is 3.54. The Hall–Kier alpha value is -3.00. The van der Waals surface area contributed by atoms with Crippen LogP contribution in [0.15, 0.2) is 30.7 Å². The van der Waals surface area contributed by atoms with Gasteiger partial charge in [0.25, 0.3) is 0 Å². The summed E-state index contributed by atoms with van der Waals surface area (Å²) in [5.41, 5.74) is 10.6. The summed E-state index contributed by atoms with van der Waals surface area (Å²) in [6.07, 6.45) is 9.48. The van der Waals surface area contributed by atoms with E-state index in [1.54, 1.807) is 6.20 Å². The van der Waals surface area contributed by atoms with Crippen molar-refractivity contribution in [2.75, 3.05) is 9.80 Å². The van der Waals surface area contributed by atoms with Crippen molar-refractivity contribution in [3.63, 3.8) is 0 Å². The molecule has 1 saturated carbocycles. The van der Waals surface area contributed by atoms with Gasteiger partial charge in [0.2, 0.25) is 0 Å². The van der Waals surface area contributed by atoms with Crippen LogP contribution in [0.3, 0.4) is 0 Å². The minimum atomic E-state index is -0.336. The fourth-order valence-electron chi connectivity index (χ4n) is 4.44. The highest BCUT2D eigenvalue weighted by Gasteiger charge is 2.43. The lowest BCUT2D eigenvalue weighted by Crippen LogP contribution is -2.45. The molecule has 1 fully saturated rings. The molecule has 1 atom stereocenters. The predicted molar refractivity (Wildman–Crippen MR) is 121 cm³/mol. The van der Waals surface area contributed by atoms with Gasteiger partial charge in [0, 0.05) is 31.5 Å². The van der Waals surface area contributed by atoms with Crippen LogP contribution in [0.2, 0.25) is 0 Å². The van der Waals surface area contributed by atoms with Gasteiger partial charge in [0.15, 0.2) is 18.1 Å². The number of rotatable bonds is 8. The molecule has 0 spiro atoms. The van der Waals surface area contributed by atoms with Crippen LogP contribution in [0.5, 0.6) is 0 Å². The van der Waals surface area contributed by atoms with Crippen molar-refractivity contribution < 1.29 is 4.79 Å². The monoisotopic (exact) mass is 419 g/mol. The van der Waals surface area contributed by atoms with Crippen molar-refractivity contribution in [3.05, 3.63) is 42.1 Å². The van der Waals surface area contributed by atoms with Crippen LogP contribution >= 0.6 is 0 Å². The van der Waals surface area contributed by atoms with Crippen LogP contribution in [-0.4, -0.2) is 38.0 Å². The first kappa shape index (κ1) is 19.9. The lowest BCUT2D eigenvalue weighted by Gasteiger charge is -2.28. The Bertz CT molecular complexity index is 1100. The lowest BCUT2D eigenvalue weighted by molar-refractivity contribution is -0.108. The quantitative estimate of drug-likeness (QED) is 0.561. The number of anilines is 2. The summed E-state index contributed by atoms with van der Waals surface area (Å²) >= 11 is 0. The number of nitrogens with zero attached hydrogens (tertiary/aromatic N) is 6. The highest BCUT2D eigenvalue weighted by Crippen LogP contribution is 2.45.